The standard InChI is InChI=1S/C22H25N3O4/c1-3-15(2)23-22(28)16-8-4-5-9-17(16)24-20(26)14-25-18-10-6-7-11-19(18)29-13-12-21(25)27/h4-11,15H,3,12-14H2,1-2H3,(H,23,28)(H,24,26). The first-order valence-electron chi connectivity index (χ1n) is 9.71. The highest BCUT2D eigenvalue weighted by Gasteiger charge is 2.25. The Morgan fingerprint density at radius 1 is 1.14 bits per heavy atom. The molecule has 2 aromatic carbocycles. The number of ether oxygens (including phenoxy) is 1. The van der Waals surface area contributed by atoms with Gasteiger partial charge in [0, 0.05) is 6.04 Å². The molecular weight excluding hydrogens is 370 g/mol. The van der Waals surface area contributed by atoms with Crippen LogP contribution in [0.15, 0.2) is 48.5 Å². The predicted molar refractivity (Wildman–Crippen MR) is 111 cm³/mol. The molecule has 3 rings (SSSR count). The van der Waals surface area contributed by atoms with Crippen LogP contribution < -0.4 is 20.3 Å². The van der Waals surface area contributed by atoms with Crippen LogP contribution in [0.1, 0.15) is 37.0 Å². The zero-order valence-corrected chi connectivity index (χ0v) is 16.6. The second-order valence-electron chi connectivity index (χ2n) is 6.92. The van der Waals surface area contributed by atoms with E-state index in [1.807, 2.05) is 19.9 Å². The van der Waals surface area contributed by atoms with Crippen molar-refractivity contribution in [2.24, 2.45) is 0 Å². The number of para-hydroxylation sites is 3. The van der Waals surface area contributed by atoms with Gasteiger partial charge in [0.1, 0.15) is 12.3 Å². The molecule has 0 fully saturated rings. The molecule has 0 spiro atoms. The molecule has 0 aromatic heterocycles. The molecule has 1 heterocycles. The summed E-state index contributed by atoms with van der Waals surface area (Å²) in [6, 6.07) is 14.0. The monoisotopic (exact) mass is 395 g/mol. The van der Waals surface area contributed by atoms with Gasteiger partial charge in [-0.2, -0.15) is 0 Å². The summed E-state index contributed by atoms with van der Waals surface area (Å²) < 4.78 is 5.60. The molecule has 3 amide bonds. The van der Waals surface area contributed by atoms with Gasteiger partial charge in [-0.3, -0.25) is 19.3 Å². The zero-order chi connectivity index (χ0) is 20.8. The van der Waals surface area contributed by atoms with Crippen molar-refractivity contribution in [2.45, 2.75) is 32.7 Å². The van der Waals surface area contributed by atoms with E-state index in [-0.39, 0.29) is 43.3 Å². The number of fused-ring (bicyclic) bond motifs is 1. The summed E-state index contributed by atoms with van der Waals surface area (Å²) in [7, 11) is 0. The number of hydrogen-bond donors (Lipinski definition) is 2. The van der Waals surface area contributed by atoms with Crippen LogP contribution in [0.3, 0.4) is 0 Å². The maximum atomic E-state index is 12.7. The lowest BCUT2D eigenvalue weighted by atomic mass is 10.1. The second-order valence-corrected chi connectivity index (χ2v) is 6.92. The average Bonchev–Trinajstić information content (AvgIpc) is 2.87. The lowest BCUT2D eigenvalue weighted by molar-refractivity contribution is -0.121. The van der Waals surface area contributed by atoms with E-state index in [9.17, 15) is 14.4 Å². The van der Waals surface area contributed by atoms with Gasteiger partial charge in [-0.15, -0.1) is 0 Å². The SMILES string of the molecule is CCC(C)NC(=O)c1ccccc1NC(=O)CN1C(=O)CCOc2ccccc21. The van der Waals surface area contributed by atoms with Crippen molar-refractivity contribution in [3.8, 4) is 5.75 Å². The van der Waals surface area contributed by atoms with Gasteiger partial charge in [0.25, 0.3) is 5.91 Å². The number of amides is 3. The molecule has 1 unspecified atom stereocenters. The summed E-state index contributed by atoms with van der Waals surface area (Å²) in [6.45, 7) is 4.01. The van der Waals surface area contributed by atoms with Gasteiger partial charge in [0.2, 0.25) is 11.8 Å². The third-order valence-electron chi connectivity index (χ3n) is 4.77. The first-order chi connectivity index (χ1) is 14.0. The van der Waals surface area contributed by atoms with E-state index in [1.54, 1.807) is 42.5 Å². The summed E-state index contributed by atoms with van der Waals surface area (Å²) in [5.41, 5.74) is 1.35. The summed E-state index contributed by atoms with van der Waals surface area (Å²) in [5, 5.41) is 5.67. The highest BCUT2D eigenvalue weighted by Crippen LogP contribution is 2.30. The zero-order valence-electron chi connectivity index (χ0n) is 16.6. The van der Waals surface area contributed by atoms with Crippen molar-refractivity contribution in [3.05, 3.63) is 54.1 Å². The summed E-state index contributed by atoms with van der Waals surface area (Å²) in [4.78, 5) is 39.2. The minimum atomic E-state index is -0.390. The maximum Gasteiger partial charge on any atom is 0.253 e. The van der Waals surface area contributed by atoms with Crippen LogP contribution in [0.5, 0.6) is 5.75 Å². The topological polar surface area (TPSA) is 87.7 Å². The van der Waals surface area contributed by atoms with Crippen molar-refractivity contribution in [3.63, 3.8) is 0 Å². The molecule has 2 aromatic rings. The molecule has 7 heteroatoms. The molecule has 152 valence electrons. The van der Waals surface area contributed by atoms with E-state index >= 15 is 0 Å². The summed E-state index contributed by atoms with van der Waals surface area (Å²) in [6.07, 6.45) is 0.995. The molecule has 1 atom stereocenters. The summed E-state index contributed by atoms with van der Waals surface area (Å²) in [5.74, 6) is -0.258. The fourth-order valence-electron chi connectivity index (χ4n) is 3.02. The Labute approximate surface area is 170 Å². The Kier molecular flexibility index (Phi) is 6.49. The van der Waals surface area contributed by atoms with E-state index < -0.39 is 0 Å². The van der Waals surface area contributed by atoms with Crippen molar-refractivity contribution < 1.29 is 19.1 Å². The van der Waals surface area contributed by atoms with Gasteiger partial charge in [-0.25, -0.2) is 0 Å². The highest BCUT2D eigenvalue weighted by atomic mass is 16.5. The number of anilines is 2. The predicted octanol–water partition coefficient (Wildman–Crippen LogP) is 2.97. The number of hydrogen-bond acceptors (Lipinski definition) is 4. The lowest BCUT2D eigenvalue weighted by Crippen LogP contribution is -2.38. The Bertz CT molecular complexity index is 912. The van der Waals surface area contributed by atoms with Crippen LogP contribution in [0.4, 0.5) is 11.4 Å². The largest absolute Gasteiger partial charge is 0.491 e. The minimum absolute atomic E-state index is 0.0254. The van der Waals surface area contributed by atoms with Crippen LogP contribution in [-0.4, -0.2) is 36.9 Å². The van der Waals surface area contributed by atoms with Crippen LogP contribution in [-0.2, 0) is 9.59 Å². The number of carbonyl (C=O) groups is 3. The minimum Gasteiger partial charge on any atom is -0.491 e. The van der Waals surface area contributed by atoms with Gasteiger partial charge < -0.3 is 15.4 Å². The third kappa shape index (κ3) is 4.93. The fraction of sp³-hybridized carbons (Fsp3) is 0.318. The van der Waals surface area contributed by atoms with Crippen LogP contribution >= 0.6 is 0 Å². The van der Waals surface area contributed by atoms with Gasteiger partial charge in [-0.1, -0.05) is 31.2 Å². The highest BCUT2D eigenvalue weighted by molar-refractivity contribution is 6.07. The van der Waals surface area contributed by atoms with Crippen LogP contribution in [0.25, 0.3) is 0 Å². The van der Waals surface area contributed by atoms with Crippen LogP contribution in [0.2, 0.25) is 0 Å². The number of carbonyl (C=O) groups excluding carboxylic acids is 3. The van der Waals surface area contributed by atoms with Gasteiger partial charge in [-0.05, 0) is 37.6 Å². The normalized spacial score (nSPS) is 14.3. The van der Waals surface area contributed by atoms with Gasteiger partial charge in [0.05, 0.1) is 30.0 Å². The smallest absolute Gasteiger partial charge is 0.253 e. The molecule has 0 aliphatic carbocycles. The molecule has 29 heavy (non-hydrogen) atoms. The maximum absolute atomic E-state index is 12.7. The fourth-order valence-corrected chi connectivity index (χ4v) is 3.02. The molecule has 1 aliphatic rings. The Balaban J connectivity index is 1.76. The van der Waals surface area contributed by atoms with E-state index in [2.05, 4.69) is 10.6 Å². The Morgan fingerprint density at radius 3 is 2.66 bits per heavy atom. The molecule has 2 N–H and O–H groups in total. The van der Waals surface area contributed by atoms with E-state index in [0.29, 0.717) is 22.7 Å². The second kappa shape index (κ2) is 9.23. The summed E-state index contributed by atoms with van der Waals surface area (Å²) >= 11 is 0. The van der Waals surface area contributed by atoms with E-state index in [0.717, 1.165) is 6.42 Å². The van der Waals surface area contributed by atoms with Gasteiger partial charge >= 0.3 is 0 Å². The third-order valence-corrected chi connectivity index (χ3v) is 4.77. The first-order valence-corrected chi connectivity index (χ1v) is 9.71. The molecule has 0 radical (unpaired) electrons. The molecule has 7 nitrogen and oxygen atoms in total. The Hall–Kier alpha value is -3.35. The molecular formula is C22H25N3O4. The lowest BCUT2D eigenvalue weighted by Gasteiger charge is -2.21. The Morgan fingerprint density at radius 2 is 1.86 bits per heavy atom. The van der Waals surface area contributed by atoms with Crippen molar-refractivity contribution in [2.75, 3.05) is 23.4 Å². The first kappa shape index (κ1) is 20.4. The molecule has 1 aliphatic heterocycles. The average molecular weight is 395 g/mol. The van der Waals surface area contributed by atoms with Crippen molar-refractivity contribution in [1.82, 2.24) is 5.32 Å². The number of benzene rings is 2. The number of nitrogens with one attached hydrogen (secondary N) is 2. The number of nitrogens with zero attached hydrogens (tertiary/aromatic N) is 1. The molecule has 0 bridgehead atoms. The number of rotatable bonds is 6. The van der Waals surface area contributed by atoms with Crippen molar-refractivity contribution >= 4 is 29.1 Å². The molecule has 0 saturated heterocycles. The molecule has 0 saturated carbocycles. The van der Waals surface area contributed by atoms with Crippen molar-refractivity contribution in [1.29, 1.82) is 0 Å². The van der Waals surface area contributed by atoms with E-state index in [1.165, 1.54) is 4.90 Å². The van der Waals surface area contributed by atoms with Crippen LogP contribution in [0, 0.1) is 0 Å². The quantitative estimate of drug-likeness (QED) is 0.787. The van der Waals surface area contributed by atoms with Gasteiger partial charge in [0.15, 0.2) is 0 Å². The van der Waals surface area contributed by atoms with E-state index in [4.69, 9.17) is 4.74 Å².